The molecule has 2 heterocycles. The van der Waals surface area contributed by atoms with Gasteiger partial charge in [0, 0.05) is 18.1 Å². The molecule has 2 aromatic rings. The molecule has 8 heteroatoms. The van der Waals surface area contributed by atoms with Crippen molar-refractivity contribution in [2.75, 3.05) is 17.7 Å². The third kappa shape index (κ3) is 3.38. The van der Waals surface area contributed by atoms with Crippen LogP contribution in [0.2, 0.25) is 0 Å². The molecule has 0 bridgehead atoms. The van der Waals surface area contributed by atoms with E-state index in [1.54, 1.807) is 24.6 Å². The van der Waals surface area contributed by atoms with Gasteiger partial charge in [-0.3, -0.25) is 10.1 Å². The molecule has 2 N–H and O–H groups in total. The summed E-state index contributed by atoms with van der Waals surface area (Å²) in [5.41, 5.74) is 0.00216. The standard InChI is InChI=1S/C11H13N5O2S/c1-7-13-5-9(19-7)6-14-11-4-8(16(17)18)3-10(12-2)15-11/h3-5H,6H2,1-2H3,(H2,12,14,15). The lowest BCUT2D eigenvalue weighted by Gasteiger charge is -2.06. The molecule has 0 spiro atoms. The van der Waals surface area contributed by atoms with Crippen molar-refractivity contribution >= 4 is 28.7 Å². The average Bonchev–Trinajstić information content (AvgIpc) is 2.81. The van der Waals surface area contributed by atoms with E-state index >= 15 is 0 Å². The highest BCUT2D eigenvalue weighted by Gasteiger charge is 2.10. The number of pyridine rings is 1. The van der Waals surface area contributed by atoms with Crippen molar-refractivity contribution in [2.45, 2.75) is 13.5 Å². The SMILES string of the molecule is CNc1cc([N+](=O)[O-])cc(NCc2cnc(C)s2)n1. The summed E-state index contributed by atoms with van der Waals surface area (Å²) >= 11 is 1.58. The Kier molecular flexibility index (Phi) is 3.91. The van der Waals surface area contributed by atoms with E-state index in [9.17, 15) is 10.1 Å². The van der Waals surface area contributed by atoms with Crippen LogP contribution >= 0.6 is 11.3 Å². The van der Waals surface area contributed by atoms with Gasteiger partial charge < -0.3 is 10.6 Å². The lowest BCUT2D eigenvalue weighted by molar-refractivity contribution is -0.384. The first kappa shape index (κ1) is 13.2. The van der Waals surface area contributed by atoms with Crippen molar-refractivity contribution in [1.29, 1.82) is 0 Å². The first-order valence-electron chi connectivity index (χ1n) is 5.58. The molecule has 7 nitrogen and oxygen atoms in total. The van der Waals surface area contributed by atoms with E-state index in [1.165, 1.54) is 12.1 Å². The zero-order valence-corrected chi connectivity index (χ0v) is 11.3. The molecule has 2 rings (SSSR count). The van der Waals surface area contributed by atoms with Crippen LogP contribution in [0.1, 0.15) is 9.88 Å². The summed E-state index contributed by atoms with van der Waals surface area (Å²) < 4.78 is 0. The van der Waals surface area contributed by atoms with Crippen LogP contribution in [-0.2, 0) is 6.54 Å². The number of aryl methyl sites for hydroxylation is 1. The number of hydrogen-bond donors (Lipinski definition) is 2. The van der Waals surface area contributed by atoms with Gasteiger partial charge in [0.2, 0.25) is 0 Å². The highest BCUT2D eigenvalue weighted by atomic mass is 32.1. The quantitative estimate of drug-likeness (QED) is 0.645. The van der Waals surface area contributed by atoms with Crippen molar-refractivity contribution in [2.24, 2.45) is 0 Å². The molecule has 100 valence electrons. The largest absolute Gasteiger partial charge is 0.373 e. The number of nitro groups is 1. The second-order valence-corrected chi connectivity index (χ2v) is 5.12. The van der Waals surface area contributed by atoms with Gasteiger partial charge >= 0.3 is 0 Å². The fourth-order valence-corrected chi connectivity index (χ4v) is 2.24. The van der Waals surface area contributed by atoms with Gasteiger partial charge in [-0.15, -0.1) is 11.3 Å². The molecular weight excluding hydrogens is 266 g/mol. The second-order valence-electron chi connectivity index (χ2n) is 3.80. The predicted molar refractivity (Wildman–Crippen MR) is 74.6 cm³/mol. The summed E-state index contributed by atoms with van der Waals surface area (Å²) in [6.45, 7) is 2.47. The van der Waals surface area contributed by atoms with Crippen LogP contribution < -0.4 is 10.6 Å². The van der Waals surface area contributed by atoms with Gasteiger partial charge in [-0.2, -0.15) is 0 Å². The number of rotatable bonds is 5. The zero-order valence-electron chi connectivity index (χ0n) is 10.5. The van der Waals surface area contributed by atoms with Crippen molar-refractivity contribution < 1.29 is 4.92 Å². The predicted octanol–water partition coefficient (Wildman–Crippen LogP) is 2.41. The lowest BCUT2D eigenvalue weighted by Crippen LogP contribution is -2.03. The Morgan fingerprint density at radius 1 is 1.42 bits per heavy atom. The molecule has 2 aromatic heterocycles. The van der Waals surface area contributed by atoms with Crippen LogP contribution in [0.4, 0.5) is 17.3 Å². The average molecular weight is 279 g/mol. The van der Waals surface area contributed by atoms with Crippen LogP contribution in [0.5, 0.6) is 0 Å². The molecule has 0 atom stereocenters. The Hall–Kier alpha value is -2.22. The summed E-state index contributed by atoms with van der Waals surface area (Å²) in [7, 11) is 1.67. The lowest BCUT2D eigenvalue weighted by atomic mass is 10.3. The Balaban J connectivity index is 2.15. The minimum absolute atomic E-state index is 0.00216. The normalized spacial score (nSPS) is 10.2. The molecule has 0 amide bonds. The molecule has 0 radical (unpaired) electrons. The van der Waals surface area contributed by atoms with E-state index in [0.29, 0.717) is 18.2 Å². The Labute approximate surface area is 113 Å². The maximum absolute atomic E-state index is 10.8. The van der Waals surface area contributed by atoms with Crippen LogP contribution in [0.3, 0.4) is 0 Å². The van der Waals surface area contributed by atoms with E-state index in [2.05, 4.69) is 20.6 Å². The van der Waals surface area contributed by atoms with E-state index < -0.39 is 4.92 Å². The van der Waals surface area contributed by atoms with Crippen LogP contribution in [-0.4, -0.2) is 21.9 Å². The summed E-state index contributed by atoms with van der Waals surface area (Å²) in [6, 6.07) is 2.80. The van der Waals surface area contributed by atoms with E-state index in [1.807, 2.05) is 6.92 Å². The number of nitrogens with zero attached hydrogens (tertiary/aromatic N) is 3. The monoisotopic (exact) mass is 279 g/mol. The maximum Gasteiger partial charge on any atom is 0.276 e. The number of aromatic nitrogens is 2. The molecule has 0 aliphatic heterocycles. The Bertz CT molecular complexity index is 599. The molecular formula is C11H13N5O2S. The fraction of sp³-hybridized carbons (Fsp3) is 0.273. The maximum atomic E-state index is 10.8. The van der Waals surface area contributed by atoms with Gasteiger partial charge in [0.15, 0.2) is 0 Å². The van der Waals surface area contributed by atoms with Gasteiger partial charge in [0.25, 0.3) is 5.69 Å². The van der Waals surface area contributed by atoms with Crippen molar-refractivity contribution in [3.63, 3.8) is 0 Å². The molecule has 0 fully saturated rings. The molecule has 0 aromatic carbocycles. The Morgan fingerprint density at radius 3 is 2.74 bits per heavy atom. The van der Waals surface area contributed by atoms with E-state index in [-0.39, 0.29) is 5.69 Å². The minimum atomic E-state index is -0.440. The van der Waals surface area contributed by atoms with Gasteiger partial charge in [-0.25, -0.2) is 9.97 Å². The third-order valence-electron chi connectivity index (χ3n) is 2.39. The summed E-state index contributed by atoms with van der Waals surface area (Å²) in [4.78, 5) is 19.8. The number of nitrogens with one attached hydrogen (secondary N) is 2. The summed E-state index contributed by atoms with van der Waals surface area (Å²) in [6.07, 6.45) is 1.78. The number of thiazole rings is 1. The first-order valence-corrected chi connectivity index (χ1v) is 6.39. The van der Waals surface area contributed by atoms with Crippen LogP contribution in [0.15, 0.2) is 18.3 Å². The van der Waals surface area contributed by atoms with Crippen LogP contribution in [0, 0.1) is 17.0 Å². The smallest absolute Gasteiger partial charge is 0.276 e. The molecule has 0 saturated heterocycles. The summed E-state index contributed by atoms with van der Waals surface area (Å²) in [5.74, 6) is 0.918. The molecule has 0 saturated carbocycles. The van der Waals surface area contributed by atoms with Crippen LogP contribution in [0.25, 0.3) is 0 Å². The number of hydrogen-bond acceptors (Lipinski definition) is 7. The molecule has 0 unspecified atom stereocenters. The summed E-state index contributed by atoms with van der Waals surface area (Å²) in [5, 5.41) is 17.7. The first-order chi connectivity index (χ1) is 9.08. The van der Waals surface area contributed by atoms with E-state index in [0.717, 1.165) is 9.88 Å². The number of anilines is 2. The van der Waals surface area contributed by atoms with E-state index in [4.69, 9.17) is 0 Å². The molecule has 0 aliphatic rings. The van der Waals surface area contributed by atoms with Gasteiger partial charge in [-0.1, -0.05) is 0 Å². The topological polar surface area (TPSA) is 93.0 Å². The minimum Gasteiger partial charge on any atom is -0.373 e. The van der Waals surface area contributed by atoms with Crippen molar-refractivity contribution in [1.82, 2.24) is 9.97 Å². The Morgan fingerprint density at radius 2 is 2.16 bits per heavy atom. The van der Waals surface area contributed by atoms with Gasteiger partial charge in [0.05, 0.1) is 28.6 Å². The third-order valence-corrected chi connectivity index (χ3v) is 3.30. The second kappa shape index (κ2) is 5.61. The molecule has 19 heavy (non-hydrogen) atoms. The highest BCUT2D eigenvalue weighted by Crippen LogP contribution is 2.21. The van der Waals surface area contributed by atoms with Crippen molar-refractivity contribution in [3.05, 3.63) is 38.3 Å². The fourth-order valence-electron chi connectivity index (χ4n) is 1.50. The van der Waals surface area contributed by atoms with Crippen molar-refractivity contribution in [3.8, 4) is 0 Å². The van der Waals surface area contributed by atoms with Gasteiger partial charge in [0.1, 0.15) is 11.6 Å². The highest BCUT2D eigenvalue weighted by molar-refractivity contribution is 7.11. The zero-order chi connectivity index (χ0) is 13.8. The molecule has 0 aliphatic carbocycles. The van der Waals surface area contributed by atoms with Gasteiger partial charge in [-0.05, 0) is 6.92 Å².